The zero-order valence-electron chi connectivity index (χ0n) is 15.2. The van der Waals surface area contributed by atoms with E-state index < -0.39 is 0 Å². The van der Waals surface area contributed by atoms with E-state index in [-0.39, 0.29) is 11.9 Å². The molecule has 2 heterocycles. The molecule has 5 heteroatoms. The summed E-state index contributed by atoms with van der Waals surface area (Å²) < 4.78 is 5.51. The van der Waals surface area contributed by atoms with Gasteiger partial charge < -0.3 is 9.42 Å². The zero-order chi connectivity index (χ0) is 16.9. The maximum Gasteiger partial charge on any atom is 0.249 e. The molecule has 1 aromatic rings. The first-order chi connectivity index (χ1) is 11.6. The Morgan fingerprint density at radius 1 is 1.21 bits per heavy atom. The lowest BCUT2D eigenvalue weighted by molar-refractivity contribution is -0.136. The molecular weight excluding hydrogens is 302 g/mol. The van der Waals surface area contributed by atoms with E-state index in [2.05, 4.69) is 24.0 Å². The van der Waals surface area contributed by atoms with Gasteiger partial charge in [-0.25, -0.2) is 0 Å². The van der Waals surface area contributed by atoms with Crippen molar-refractivity contribution in [2.75, 3.05) is 6.54 Å². The number of carbonyl (C=O) groups is 1. The van der Waals surface area contributed by atoms with Gasteiger partial charge in [-0.2, -0.15) is 4.98 Å². The highest BCUT2D eigenvalue weighted by molar-refractivity contribution is 5.76. The number of nitrogens with zero attached hydrogens (tertiary/aromatic N) is 3. The Balaban J connectivity index is 1.61. The van der Waals surface area contributed by atoms with E-state index in [0.717, 1.165) is 50.4 Å². The number of rotatable bonds is 6. The first-order valence-electron chi connectivity index (χ1n) is 9.75. The van der Waals surface area contributed by atoms with E-state index in [4.69, 9.17) is 4.52 Å². The van der Waals surface area contributed by atoms with E-state index in [9.17, 15) is 4.79 Å². The number of piperidine rings is 1. The highest BCUT2D eigenvalue weighted by Crippen LogP contribution is 2.33. The Hall–Kier alpha value is -1.39. The smallest absolute Gasteiger partial charge is 0.249 e. The first-order valence-corrected chi connectivity index (χ1v) is 9.75. The van der Waals surface area contributed by atoms with Crippen molar-refractivity contribution in [3.8, 4) is 0 Å². The third-order valence-corrected chi connectivity index (χ3v) is 5.42. The van der Waals surface area contributed by atoms with Gasteiger partial charge in [-0.3, -0.25) is 4.79 Å². The Morgan fingerprint density at radius 3 is 2.71 bits per heavy atom. The maximum absolute atomic E-state index is 12.8. The lowest BCUT2D eigenvalue weighted by Gasteiger charge is -2.33. The minimum atomic E-state index is -0.0109. The highest BCUT2D eigenvalue weighted by atomic mass is 16.5. The van der Waals surface area contributed by atoms with Crippen molar-refractivity contribution in [3.63, 3.8) is 0 Å². The Morgan fingerprint density at radius 2 is 1.96 bits per heavy atom. The normalized spacial score (nSPS) is 22.5. The van der Waals surface area contributed by atoms with Crippen molar-refractivity contribution >= 4 is 5.91 Å². The second-order valence-corrected chi connectivity index (χ2v) is 7.93. The highest BCUT2D eigenvalue weighted by Gasteiger charge is 2.32. The quantitative estimate of drug-likeness (QED) is 0.779. The van der Waals surface area contributed by atoms with Crippen LogP contribution in [0.1, 0.15) is 89.4 Å². The predicted molar refractivity (Wildman–Crippen MR) is 92.3 cm³/mol. The molecule has 1 aliphatic carbocycles. The summed E-state index contributed by atoms with van der Waals surface area (Å²) in [5.41, 5.74) is 0. The van der Waals surface area contributed by atoms with Crippen LogP contribution in [0.5, 0.6) is 0 Å². The Kier molecular flexibility index (Phi) is 5.90. The molecule has 0 bridgehead atoms. The summed E-state index contributed by atoms with van der Waals surface area (Å²) in [5.74, 6) is 2.95. The van der Waals surface area contributed by atoms with Gasteiger partial charge in [0.2, 0.25) is 11.8 Å². The van der Waals surface area contributed by atoms with Crippen LogP contribution in [-0.2, 0) is 11.2 Å². The Bertz CT molecular complexity index is 534. The molecule has 5 nitrogen and oxygen atoms in total. The fourth-order valence-corrected chi connectivity index (χ4v) is 4.11. The summed E-state index contributed by atoms with van der Waals surface area (Å²) in [7, 11) is 0. The minimum Gasteiger partial charge on any atom is -0.337 e. The standard InChI is InChI=1S/C19H31N3O2/c1-14(2)13-17-20-19(24-21-17)16-9-5-6-12-22(16)18(23)11-10-15-7-3-4-8-15/h14-16H,3-13H2,1-2H3/t16-/m0/s1. The average Bonchev–Trinajstić information content (AvgIpc) is 3.24. The van der Waals surface area contributed by atoms with Crippen LogP contribution in [0.2, 0.25) is 0 Å². The number of hydrogen-bond acceptors (Lipinski definition) is 4. The molecule has 3 rings (SSSR count). The van der Waals surface area contributed by atoms with Gasteiger partial charge in [0.25, 0.3) is 0 Å². The van der Waals surface area contributed by atoms with Crippen molar-refractivity contribution in [2.45, 2.75) is 84.1 Å². The molecule has 2 fully saturated rings. The SMILES string of the molecule is CC(C)Cc1noc([C@@H]2CCCCN2C(=O)CCC2CCCC2)n1. The van der Waals surface area contributed by atoms with Crippen LogP contribution >= 0.6 is 0 Å². The van der Waals surface area contributed by atoms with Crippen LogP contribution in [0.25, 0.3) is 0 Å². The Labute approximate surface area is 145 Å². The minimum absolute atomic E-state index is 0.0109. The third-order valence-electron chi connectivity index (χ3n) is 5.42. The monoisotopic (exact) mass is 333 g/mol. The summed E-state index contributed by atoms with van der Waals surface area (Å²) in [6.45, 7) is 5.13. The fourth-order valence-electron chi connectivity index (χ4n) is 4.11. The molecule has 2 aliphatic rings. The van der Waals surface area contributed by atoms with Crippen molar-refractivity contribution in [1.82, 2.24) is 15.0 Å². The van der Waals surface area contributed by atoms with Crippen LogP contribution in [0, 0.1) is 11.8 Å². The van der Waals surface area contributed by atoms with Crippen molar-refractivity contribution < 1.29 is 9.32 Å². The molecule has 0 N–H and O–H groups in total. The van der Waals surface area contributed by atoms with E-state index >= 15 is 0 Å². The largest absolute Gasteiger partial charge is 0.337 e. The van der Waals surface area contributed by atoms with Gasteiger partial charge >= 0.3 is 0 Å². The van der Waals surface area contributed by atoms with E-state index in [1.807, 2.05) is 4.90 Å². The van der Waals surface area contributed by atoms with Gasteiger partial charge in [0.15, 0.2) is 5.82 Å². The molecule has 1 amide bonds. The molecule has 0 unspecified atom stereocenters. The van der Waals surface area contributed by atoms with Crippen LogP contribution in [0.3, 0.4) is 0 Å². The van der Waals surface area contributed by atoms with E-state index in [1.165, 1.54) is 25.7 Å². The lowest BCUT2D eigenvalue weighted by atomic mass is 9.98. The summed E-state index contributed by atoms with van der Waals surface area (Å²) >= 11 is 0. The molecule has 0 radical (unpaired) electrons. The third kappa shape index (κ3) is 4.37. The summed E-state index contributed by atoms with van der Waals surface area (Å²) in [6.07, 6.45) is 11.0. The van der Waals surface area contributed by atoms with E-state index in [1.54, 1.807) is 0 Å². The number of hydrogen-bond donors (Lipinski definition) is 0. The van der Waals surface area contributed by atoms with Crippen LogP contribution in [0.4, 0.5) is 0 Å². The van der Waals surface area contributed by atoms with Crippen LogP contribution in [0.15, 0.2) is 4.52 Å². The molecular formula is C19H31N3O2. The van der Waals surface area contributed by atoms with Gasteiger partial charge in [-0.15, -0.1) is 0 Å². The molecule has 134 valence electrons. The van der Waals surface area contributed by atoms with Gasteiger partial charge in [0.05, 0.1) is 0 Å². The molecule has 1 atom stereocenters. The van der Waals surface area contributed by atoms with Gasteiger partial charge in [0.1, 0.15) is 6.04 Å². The van der Waals surface area contributed by atoms with Crippen molar-refractivity contribution in [2.24, 2.45) is 11.8 Å². The summed E-state index contributed by atoms with van der Waals surface area (Å²) in [6, 6.07) is -0.0109. The summed E-state index contributed by atoms with van der Waals surface area (Å²) in [4.78, 5) is 19.3. The molecule has 1 aromatic heterocycles. The first kappa shape index (κ1) is 17.4. The predicted octanol–water partition coefficient (Wildman–Crippen LogP) is 4.29. The molecule has 24 heavy (non-hydrogen) atoms. The number of amides is 1. The van der Waals surface area contributed by atoms with Crippen LogP contribution in [-0.4, -0.2) is 27.5 Å². The molecule has 1 saturated heterocycles. The molecule has 0 spiro atoms. The van der Waals surface area contributed by atoms with Gasteiger partial charge in [-0.05, 0) is 37.5 Å². The van der Waals surface area contributed by atoms with Crippen molar-refractivity contribution in [1.29, 1.82) is 0 Å². The topological polar surface area (TPSA) is 59.2 Å². The second kappa shape index (κ2) is 8.13. The number of likely N-dealkylation sites (tertiary alicyclic amines) is 1. The molecule has 0 aromatic carbocycles. The fraction of sp³-hybridized carbons (Fsp3) is 0.842. The van der Waals surface area contributed by atoms with E-state index in [0.29, 0.717) is 18.2 Å². The second-order valence-electron chi connectivity index (χ2n) is 7.93. The van der Waals surface area contributed by atoms with Gasteiger partial charge in [-0.1, -0.05) is 44.7 Å². The van der Waals surface area contributed by atoms with Crippen LogP contribution < -0.4 is 0 Å². The number of carbonyl (C=O) groups excluding carboxylic acids is 1. The number of aromatic nitrogens is 2. The lowest BCUT2D eigenvalue weighted by Crippen LogP contribution is -2.38. The average molecular weight is 333 g/mol. The van der Waals surface area contributed by atoms with Crippen molar-refractivity contribution in [3.05, 3.63) is 11.7 Å². The molecule has 1 aliphatic heterocycles. The zero-order valence-corrected chi connectivity index (χ0v) is 15.2. The molecule has 1 saturated carbocycles. The summed E-state index contributed by atoms with van der Waals surface area (Å²) in [5, 5.41) is 4.11. The maximum atomic E-state index is 12.8. The van der Waals surface area contributed by atoms with Gasteiger partial charge in [0, 0.05) is 19.4 Å².